The molecule has 2 amide bonds. The van der Waals surface area contributed by atoms with Gasteiger partial charge >= 0.3 is 0 Å². The van der Waals surface area contributed by atoms with E-state index in [1.54, 1.807) is 11.3 Å². The van der Waals surface area contributed by atoms with Crippen molar-refractivity contribution in [3.8, 4) is 0 Å². The summed E-state index contributed by atoms with van der Waals surface area (Å²) in [5.41, 5.74) is 2.23. The molecule has 130 valence electrons. The fraction of sp³-hybridized carbons (Fsp3) is 0.263. The Morgan fingerprint density at radius 2 is 2.08 bits per heavy atom. The molecule has 1 N–H and O–H groups in total. The summed E-state index contributed by atoms with van der Waals surface area (Å²) in [4.78, 5) is 27.3. The molecular weight excluding hydrogens is 356 g/mol. The van der Waals surface area contributed by atoms with Crippen LogP contribution in [0, 0.1) is 0 Å². The van der Waals surface area contributed by atoms with Gasteiger partial charge in [0, 0.05) is 29.4 Å². The molecule has 2 heterocycles. The molecule has 0 fully saturated rings. The van der Waals surface area contributed by atoms with Crippen LogP contribution in [-0.2, 0) is 16.0 Å². The van der Waals surface area contributed by atoms with Crippen LogP contribution in [-0.4, -0.2) is 29.8 Å². The van der Waals surface area contributed by atoms with E-state index >= 15 is 0 Å². The van der Waals surface area contributed by atoms with E-state index in [-0.39, 0.29) is 24.3 Å². The molecule has 1 unspecified atom stereocenters. The molecular formula is C19H19ClN2O2S. The first-order chi connectivity index (χ1) is 12.1. The Morgan fingerprint density at radius 1 is 1.32 bits per heavy atom. The molecule has 1 aliphatic heterocycles. The third-order valence-corrected chi connectivity index (χ3v) is 5.54. The van der Waals surface area contributed by atoms with Crippen molar-refractivity contribution in [2.75, 3.05) is 13.1 Å². The van der Waals surface area contributed by atoms with E-state index in [0.29, 0.717) is 18.1 Å². The van der Waals surface area contributed by atoms with Crippen molar-refractivity contribution >= 4 is 34.8 Å². The number of nitrogens with zero attached hydrogens (tertiary/aromatic N) is 1. The van der Waals surface area contributed by atoms with Crippen LogP contribution in [0.15, 0.2) is 48.4 Å². The standard InChI is InChI=1S/C19H19ClN2O2S/c1-2-17(23)21-10-7-18(24)22-11-8-16-15(9-12-25-16)19(22)13-3-5-14(20)6-4-13/h2-6,9,12,19H,1,7-8,10-11H2,(H,21,23). The molecule has 0 spiro atoms. The second-order valence-electron chi connectivity index (χ2n) is 5.84. The minimum Gasteiger partial charge on any atom is -0.352 e. The number of nitrogens with one attached hydrogen (secondary N) is 1. The van der Waals surface area contributed by atoms with E-state index < -0.39 is 0 Å². The van der Waals surface area contributed by atoms with Crippen LogP contribution in [0.1, 0.15) is 28.5 Å². The quantitative estimate of drug-likeness (QED) is 0.813. The highest BCUT2D eigenvalue weighted by atomic mass is 35.5. The topological polar surface area (TPSA) is 49.4 Å². The number of carbonyl (C=O) groups excluding carboxylic acids is 2. The molecule has 3 rings (SSSR count). The highest BCUT2D eigenvalue weighted by Crippen LogP contribution is 2.38. The largest absolute Gasteiger partial charge is 0.352 e. The number of fused-ring (bicyclic) bond motifs is 1. The van der Waals surface area contributed by atoms with E-state index in [1.807, 2.05) is 29.2 Å². The van der Waals surface area contributed by atoms with E-state index in [1.165, 1.54) is 16.5 Å². The van der Waals surface area contributed by atoms with Crippen molar-refractivity contribution < 1.29 is 9.59 Å². The van der Waals surface area contributed by atoms with Crippen molar-refractivity contribution in [3.05, 3.63) is 69.4 Å². The predicted molar refractivity (Wildman–Crippen MR) is 101 cm³/mol. The van der Waals surface area contributed by atoms with E-state index in [4.69, 9.17) is 11.6 Å². The van der Waals surface area contributed by atoms with Crippen LogP contribution in [0.25, 0.3) is 0 Å². The summed E-state index contributed by atoms with van der Waals surface area (Å²) in [6.45, 7) is 4.39. The third kappa shape index (κ3) is 3.94. The van der Waals surface area contributed by atoms with E-state index in [9.17, 15) is 9.59 Å². The average molecular weight is 375 g/mol. The van der Waals surface area contributed by atoms with Gasteiger partial charge in [-0.05, 0) is 47.2 Å². The molecule has 1 aliphatic rings. The number of thiophene rings is 1. The van der Waals surface area contributed by atoms with Gasteiger partial charge in [0.15, 0.2) is 0 Å². The first-order valence-corrected chi connectivity index (χ1v) is 9.37. The smallest absolute Gasteiger partial charge is 0.243 e. The zero-order valence-corrected chi connectivity index (χ0v) is 15.3. The Labute approximate surface area is 156 Å². The lowest BCUT2D eigenvalue weighted by molar-refractivity contribution is -0.133. The lowest BCUT2D eigenvalue weighted by Crippen LogP contribution is -2.41. The monoisotopic (exact) mass is 374 g/mol. The Bertz CT molecular complexity index is 785. The number of benzene rings is 1. The van der Waals surface area contributed by atoms with Gasteiger partial charge in [0.2, 0.25) is 11.8 Å². The Morgan fingerprint density at radius 3 is 2.80 bits per heavy atom. The van der Waals surface area contributed by atoms with Crippen molar-refractivity contribution in [3.63, 3.8) is 0 Å². The zero-order chi connectivity index (χ0) is 17.8. The van der Waals surface area contributed by atoms with Crippen LogP contribution < -0.4 is 5.32 Å². The average Bonchev–Trinajstić information content (AvgIpc) is 3.10. The number of rotatable bonds is 5. The maximum atomic E-state index is 12.8. The highest BCUT2D eigenvalue weighted by Gasteiger charge is 2.32. The molecule has 0 radical (unpaired) electrons. The summed E-state index contributed by atoms with van der Waals surface area (Å²) >= 11 is 7.75. The molecule has 0 bridgehead atoms. The van der Waals surface area contributed by atoms with Gasteiger partial charge in [0.25, 0.3) is 0 Å². The number of hydrogen-bond donors (Lipinski definition) is 1. The van der Waals surface area contributed by atoms with Crippen LogP contribution in [0.4, 0.5) is 0 Å². The van der Waals surface area contributed by atoms with E-state index in [0.717, 1.165) is 12.0 Å². The van der Waals surface area contributed by atoms with Gasteiger partial charge < -0.3 is 10.2 Å². The zero-order valence-electron chi connectivity index (χ0n) is 13.7. The van der Waals surface area contributed by atoms with Gasteiger partial charge in [-0.3, -0.25) is 9.59 Å². The summed E-state index contributed by atoms with van der Waals surface area (Å²) in [6, 6.07) is 9.64. The molecule has 25 heavy (non-hydrogen) atoms. The summed E-state index contributed by atoms with van der Waals surface area (Å²) in [5.74, 6) is -0.234. The summed E-state index contributed by atoms with van der Waals surface area (Å²) in [5, 5.41) is 5.41. The van der Waals surface area contributed by atoms with Crippen LogP contribution >= 0.6 is 22.9 Å². The van der Waals surface area contributed by atoms with Gasteiger partial charge in [-0.25, -0.2) is 0 Å². The first-order valence-electron chi connectivity index (χ1n) is 8.11. The minimum absolute atomic E-state index is 0.0289. The number of halogens is 1. The Hall–Kier alpha value is -2.11. The fourth-order valence-electron chi connectivity index (χ4n) is 3.10. The fourth-order valence-corrected chi connectivity index (χ4v) is 4.13. The van der Waals surface area contributed by atoms with Crippen molar-refractivity contribution in [1.82, 2.24) is 10.2 Å². The van der Waals surface area contributed by atoms with Crippen molar-refractivity contribution in [2.24, 2.45) is 0 Å². The molecule has 0 saturated carbocycles. The Balaban J connectivity index is 1.82. The Kier molecular flexibility index (Phi) is 5.56. The summed E-state index contributed by atoms with van der Waals surface area (Å²) in [6.07, 6.45) is 2.34. The van der Waals surface area contributed by atoms with Crippen LogP contribution in [0.3, 0.4) is 0 Å². The molecule has 0 saturated heterocycles. The predicted octanol–water partition coefficient (Wildman–Crippen LogP) is 3.57. The number of carbonyl (C=O) groups is 2. The maximum absolute atomic E-state index is 12.8. The second-order valence-corrected chi connectivity index (χ2v) is 7.27. The molecule has 2 aromatic rings. The van der Waals surface area contributed by atoms with Crippen LogP contribution in [0.2, 0.25) is 5.02 Å². The number of amides is 2. The highest BCUT2D eigenvalue weighted by molar-refractivity contribution is 7.10. The van der Waals surface area contributed by atoms with Crippen LogP contribution in [0.5, 0.6) is 0 Å². The lowest BCUT2D eigenvalue weighted by Gasteiger charge is -2.36. The van der Waals surface area contributed by atoms with Crippen molar-refractivity contribution in [2.45, 2.75) is 18.9 Å². The minimum atomic E-state index is -0.263. The summed E-state index contributed by atoms with van der Waals surface area (Å²) in [7, 11) is 0. The molecule has 1 aromatic heterocycles. The lowest BCUT2D eigenvalue weighted by atomic mass is 9.93. The van der Waals surface area contributed by atoms with Gasteiger partial charge in [-0.1, -0.05) is 30.3 Å². The third-order valence-electron chi connectivity index (χ3n) is 4.30. The van der Waals surface area contributed by atoms with Gasteiger partial charge in [-0.15, -0.1) is 11.3 Å². The molecule has 1 aromatic carbocycles. The van der Waals surface area contributed by atoms with Gasteiger partial charge in [0.1, 0.15) is 0 Å². The second kappa shape index (κ2) is 7.85. The molecule has 6 heteroatoms. The normalized spacial score (nSPS) is 16.2. The molecule has 4 nitrogen and oxygen atoms in total. The summed E-state index contributed by atoms with van der Waals surface area (Å²) < 4.78 is 0. The molecule has 1 atom stereocenters. The SMILES string of the molecule is C=CC(=O)NCCC(=O)N1CCc2sccc2C1c1ccc(Cl)cc1. The van der Waals surface area contributed by atoms with Gasteiger partial charge in [0.05, 0.1) is 6.04 Å². The van der Waals surface area contributed by atoms with E-state index in [2.05, 4.69) is 23.3 Å². The first kappa shape index (κ1) is 17.7. The molecule has 0 aliphatic carbocycles. The van der Waals surface area contributed by atoms with Crippen molar-refractivity contribution in [1.29, 1.82) is 0 Å². The maximum Gasteiger partial charge on any atom is 0.243 e. The number of hydrogen-bond acceptors (Lipinski definition) is 3. The van der Waals surface area contributed by atoms with Gasteiger partial charge in [-0.2, -0.15) is 0 Å².